The van der Waals surface area contributed by atoms with Crippen LogP contribution in [-0.4, -0.2) is 21.7 Å². The Hall–Kier alpha value is -1.69. The second-order valence-electron chi connectivity index (χ2n) is 4.23. The molecule has 1 amide bonds. The van der Waals surface area contributed by atoms with Crippen LogP contribution in [0.25, 0.3) is 0 Å². The van der Waals surface area contributed by atoms with Crippen molar-refractivity contribution >= 4 is 21.8 Å². The summed E-state index contributed by atoms with van der Waals surface area (Å²) in [6.45, 7) is 2.47. The molecule has 0 aliphatic heterocycles. The van der Waals surface area contributed by atoms with Gasteiger partial charge in [0.05, 0.1) is 11.0 Å². The number of halogens is 2. The molecule has 4 nitrogen and oxygen atoms in total. The number of nitrogens with one attached hydrogen (secondary N) is 1. The Morgan fingerprint density at radius 3 is 3.00 bits per heavy atom. The van der Waals surface area contributed by atoms with Crippen LogP contribution in [0.3, 0.4) is 0 Å². The molecule has 0 aliphatic carbocycles. The minimum absolute atomic E-state index is 0.0729. The van der Waals surface area contributed by atoms with Crippen LogP contribution < -0.4 is 5.32 Å². The molecule has 19 heavy (non-hydrogen) atoms. The molecular formula is C13H13BrFN3O. The van der Waals surface area contributed by atoms with Crippen molar-refractivity contribution in [2.24, 2.45) is 0 Å². The first kappa shape index (κ1) is 13.7. The maximum Gasteiger partial charge on any atom is 0.251 e. The van der Waals surface area contributed by atoms with Gasteiger partial charge in [0.2, 0.25) is 0 Å². The first-order valence-electron chi connectivity index (χ1n) is 5.79. The number of benzene rings is 1. The van der Waals surface area contributed by atoms with E-state index in [-0.39, 0.29) is 22.2 Å². The lowest BCUT2D eigenvalue weighted by molar-refractivity contribution is 0.0936. The zero-order chi connectivity index (χ0) is 13.8. The summed E-state index contributed by atoms with van der Waals surface area (Å²) in [5.41, 5.74) is 0.417. The Morgan fingerprint density at radius 2 is 2.37 bits per heavy atom. The Bertz CT molecular complexity index is 571. The van der Waals surface area contributed by atoms with Crippen LogP contribution in [0, 0.1) is 5.82 Å². The lowest BCUT2D eigenvalue weighted by atomic mass is 10.2. The SMILES string of the molecule is CC(Cn1cccn1)NC(=O)c1ccc(F)c(Br)c1. The van der Waals surface area contributed by atoms with Gasteiger partial charge < -0.3 is 5.32 Å². The Morgan fingerprint density at radius 1 is 1.58 bits per heavy atom. The molecule has 0 saturated heterocycles. The van der Waals surface area contributed by atoms with Gasteiger partial charge in [0.1, 0.15) is 5.82 Å². The molecule has 6 heteroatoms. The van der Waals surface area contributed by atoms with Crippen molar-refractivity contribution in [3.8, 4) is 0 Å². The highest BCUT2D eigenvalue weighted by atomic mass is 79.9. The van der Waals surface area contributed by atoms with E-state index >= 15 is 0 Å². The third-order valence-electron chi connectivity index (χ3n) is 2.58. The number of rotatable bonds is 4. The molecule has 1 aromatic carbocycles. The minimum Gasteiger partial charge on any atom is -0.348 e. The highest BCUT2D eigenvalue weighted by Gasteiger charge is 2.12. The van der Waals surface area contributed by atoms with E-state index < -0.39 is 0 Å². The van der Waals surface area contributed by atoms with Gasteiger partial charge in [-0.2, -0.15) is 5.10 Å². The van der Waals surface area contributed by atoms with Crippen molar-refractivity contribution < 1.29 is 9.18 Å². The van der Waals surface area contributed by atoms with Crippen molar-refractivity contribution in [1.29, 1.82) is 0 Å². The topological polar surface area (TPSA) is 46.9 Å². The largest absolute Gasteiger partial charge is 0.348 e. The number of carbonyl (C=O) groups is 1. The Balaban J connectivity index is 1.98. The molecule has 1 N–H and O–H groups in total. The number of hydrogen-bond donors (Lipinski definition) is 1. The standard InChI is InChI=1S/C13H13BrFN3O/c1-9(8-18-6-2-5-16-18)17-13(19)10-3-4-12(15)11(14)7-10/h2-7,9H,8H2,1H3,(H,17,19). The van der Waals surface area contributed by atoms with Gasteiger partial charge in [-0.1, -0.05) is 0 Å². The third-order valence-corrected chi connectivity index (χ3v) is 3.19. The summed E-state index contributed by atoms with van der Waals surface area (Å²) in [5.74, 6) is -0.624. The van der Waals surface area contributed by atoms with Crippen molar-refractivity contribution in [1.82, 2.24) is 15.1 Å². The zero-order valence-electron chi connectivity index (χ0n) is 10.3. The number of carbonyl (C=O) groups excluding carboxylic acids is 1. The van der Waals surface area contributed by atoms with Crippen LogP contribution in [-0.2, 0) is 6.54 Å². The third kappa shape index (κ3) is 3.64. The fourth-order valence-corrected chi connectivity index (χ4v) is 2.06. The van der Waals surface area contributed by atoms with Crippen molar-refractivity contribution in [3.63, 3.8) is 0 Å². The molecule has 100 valence electrons. The van der Waals surface area contributed by atoms with Gasteiger partial charge in [-0.05, 0) is 47.1 Å². The van der Waals surface area contributed by atoms with Gasteiger partial charge in [0.15, 0.2) is 0 Å². The van der Waals surface area contributed by atoms with Gasteiger partial charge in [-0.15, -0.1) is 0 Å². The number of hydrogen-bond acceptors (Lipinski definition) is 2. The first-order valence-corrected chi connectivity index (χ1v) is 6.59. The molecule has 0 fully saturated rings. The number of aromatic nitrogens is 2. The van der Waals surface area contributed by atoms with Gasteiger partial charge in [-0.3, -0.25) is 9.48 Å². The number of nitrogens with zero attached hydrogens (tertiary/aromatic N) is 2. The van der Waals surface area contributed by atoms with E-state index in [1.54, 1.807) is 10.9 Å². The van der Waals surface area contributed by atoms with Crippen LogP contribution in [0.1, 0.15) is 17.3 Å². The quantitative estimate of drug-likeness (QED) is 0.939. The lowest BCUT2D eigenvalue weighted by Crippen LogP contribution is -2.35. The van der Waals surface area contributed by atoms with E-state index in [4.69, 9.17) is 0 Å². The van der Waals surface area contributed by atoms with E-state index in [1.807, 2.05) is 19.2 Å². The summed E-state index contributed by atoms with van der Waals surface area (Å²) in [5, 5.41) is 6.91. The highest BCUT2D eigenvalue weighted by molar-refractivity contribution is 9.10. The van der Waals surface area contributed by atoms with E-state index in [2.05, 4.69) is 26.3 Å². The van der Waals surface area contributed by atoms with Crippen molar-refractivity contribution in [2.75, 3.05) is 0 Å². The maximum absolute atomic E-state index is 13.1. The molecule has 1 aromatic heterocycles. The van der Waals surface area contributed by atoms with E-state index in [1.165, 1.54) is 18.2 Å². The van der Waals surface area contributed by atoms with Crippen molar-refractivity contribution in [3.05, 3.63) is 52.5 Å². The molecule has 2 aromatic rings. The molecule has 0 radical (unpaired) electrons. The second-order valence-corrected chi connectivity index (χ2v) is 5.09. The summed E-state index contributed by atoms with van der Waals surface area (Å²) in [7, 11) is 0. The predicted octanol–water partition coefficient (Wildman–Crippen LogP) is 2.60. The van der Waals surface area contributed by atoms with E-state index in [0.29, 0.717) is 12.1 Å². The highest BCUT2D eigenvalue weighted by Crippen LogP contribution is 2.16. The average molecular weight is 326 g/mol. The van der Waals surface area contributed by atoms with Crippen LogP contribution in [0.4, 0.5) is 4.39 Å². The maximum atomic E-state index is 13.1. The monoisotopic (exact) mass is 325 g/mol. The predicted molar refractivity (Wildman–Crippen MR) is 73.3 cm³/mol. The van der Waals surface area contributed by atoms with Crippen LogP contribution >= 0.6 is 15.9 Å². The molecule has 0 aliphatic rings. The van der Waals surface area contributed by atoms with Gasteiger partial charge in [-0.25, -0.2) is 4.39 Å². The molecule has 1 atom stereocenters. The van der Waals surface area contributed by atoms with E-state index in [0.717, 1.165) is 0 Å². The lowest BCUT2D eigenvalue weighted by Gasteiger charge is -2.14. The van der Waals surface area contributed by atoms with Crippen LogP contribution in [0.2, 0.25) is 0 Å². The molecule has 0 bridgehead atoms. The minimum atomic E-state index is -0.388. The molecule has 1 unspecified atom stereocenters. The fraction of sp³-hybridized carbons (Fsp3) is 0.231. The zero-order valence-corrected chi connectivity index (χ0v) is 11.9. The first-order chi connectivity index (χ1) is 9.06. The Kier molecular flexibility index (Phi) is 4.31. The summed E-state index contributed by atoms with van der Waals surface area (Å²) in [4.78, 5) is 12.0. The molecule has 1 heterocycles. The molecule has 0 saturated carbocycles. The van der Waals surface area contributed by atoms with Gasteiger partial charge in [0, 0.05) is 24.0 Å². The molecule has 2 rings (SSSR count). The Labute approximate surface area is 118 Å². The molecular weight excluding hydrogens is 313 g/mol. The second kappa shape index (κ2) is 5.97. The van der Waals surface area contributed by atoms with Gasteiger partial charge in [0.25, 0.3) is 5.91 Å². The van der Waals surface area contributed by atoms with Crippen LogP contribution in [0.15, 0.2) is 41.1 Å². The fourth-order valence-electron chi connectivity index (χ4n) is 1.68. The van der Waals surface area contributed by atoms with E-state index in [9.17, 15) is 9.18 Å². The van der Waals surface area contributed by atoms with Crippen molar-refractivity contribution in [2.45, 2.75) is 19.5 Å². The summed E-state index contributed by atoms with van der Waals surface area (Å²) < 4.78 is 15.1. The van der Waals surface area contributed by atoms with Gasteiger partial charge >= 0.3 is 0 Å². The normalized spacial score (nSPS) is 12.2. The summed E-state index contributed by atoms with van der Waals surface area (Å²) in [6, 6.07) is 5.93. The average Bonchev–Trinajstić information content (AvgIpc) is 2.85. The van der Waals surface area contributed by atoms with Crippen LogP contribution in [0.5, 0.6) is 0 Å². The summed E-state index contributed by atoms with van der Waals surface area (Å²) in [6.07, 6.45) is 3.52. The molecule has 0 spiro atoms. The smallest absolute Gasteiger partial charge is 0.251 e. The number of amides is 1. The summed E-state index contributed by atoms with van der Waals surface area (Å²) >= 11 is 3.06.